The van der Waals surface area contributed by atoms with Crippen molar-refractivity contribution in [2.24, 2.45) is 0 Å². The molecule has 1 fully saturated rings. The molecule has 10 nitrogen and oxygen atoms in total. The van der Waals surface area contributed by atoms with Crippen molar-refractivity contribution in [3.05, 3.63) is 92.3 Å². The Morgan fingerprint density at radius 1 is 1.18 bits per heavy atom. The number of likely N-dealkylation sites (N-methyl/N-ethyl adjacent to an activating group) is 1. The Morgan fingerprint density at radius 3 is 2.64 bits per heavy atom. The number of ether oxygens (including phenoxy) is 2. The van der Waals surface area contributed by atoms with E-state index in [0.29, 0.717) is 46.5 Å². The molecule has 44 heavy (non-hydrogen) atoms. The molecule has 0 spiro atoms. The molecule has 1 saturated heterocycles. The first kappa shape index (κ1) is 33.1. The van der Waals surface area contributed by atoms with Crippen LogP contribution in [0.4, 0.5) is 16.2 Å². The molecule has 2 aromatic heterocycles. The van der Waals surface area contributed by atoms with Gasteiger partial charge >= 0.3 is 6.09 Å². The summed E-state index contributed by atoms with van der Waals surface area (Å²) in [6.07, 6.45) is 4.43. The number of nitrogens with zero attached hydrogens (tertiary/aromatic N) is 4. The van der Waals surface area contributed by atoms with Crippen LogP contribution in [0.2, 0.25) is 10.0 Å². The molecule has 0 radical (unpaired) electrons. The molecule has 3 heterocycles. The summed E-state index contributed by atoms with van der Waals surface area (Å²) in [5, 5.41) is 3.23. The molecule has 230 valence electrons. The van der Waals surface area contributed by atoms with Gasteiger partial charge in [-0.3, -0.25) is 18.9 Å². The largest absolute Gasteiger partial charge is 0.485 e. The summed E-state index contributed by atoms with van der Waals surface area (Å²) in [6.45, 7) is 2.53. The van der Waals surface area contributed by atoms with E-state index in [9.17, 15) is 14.4 Å². The lowest BCUT2D eigenvalue weighted by molar-refractivity contribution is -0.122. The van der Waals surface area contributed by atoms with E-state index in [1.54, 1.807) is 55.6 Å². The second kappa shape index (κ2) is 14.3. The van der Waals surface area contributed by atoms with Crippen LogP contribution in [0.3, 0.4) is 0 Å². The molecule has 2 aromatic carbocycles. The van der Waals surface area contributed by atoms with Crippen LogP contribution in [0.1, 0.15) is 16.8 Å². The van der Waals surface area contributed by atoms with Crippen molar-refractivity contribution in [3.8, 4) is 5.75 Å². The van der Waals surface area contributed by atoms with Crippen molar-refractivity contribution in [1.82, 2.24) is 14.7 Å². The number of benzene rings is 2. The van der Waals surface area contributed by atoms with Crippen molar-refractivity contribution in [3.63, 3.8) is 0 Å². The van der Waals surface area contributed by atoms with Gasteiger partial charge in [0.25, 0.3) is 0 Å². The summed E-state index contributed by atoms with van der Waals surface area (Å²) in [6, 6.07) is 14.0. The van der Waals surface area contributed by atoms with E-state index in [2.05, 4.69) is 26.2 Å². The van der Waals surface area contributed by atoms with Crippen molar-refractivity contribution >= 4 is 92.5 Å². The molecular formula is C30H27BrCl3N5O5. The SMILES string of the molecule is Cc1nc2c(OCc3c(Cl)ccc(N(C)C(=O)CNC(=O)C=Cc4ccc(N5CCOC5=O)cc4)c3Cl)cccn2c1Br.Cl. The van der Waals surface area contributed by atoms with Gasteiger partial charge in [0, 0.05) is 35.6 Å². The molecule has 1 aliphatic heterocycles. The Labute approximate surface area is 278 Å². The lowest BCUT2D eigenvalue weighted by Gasteiger charge is -2.21. The first-order valence-corrected chi connectivity index (χ1v) is 14.7. The number of nitrogens with one attached hydrogen (secondary N) is 1. The molecular weight excluding hydrogens is 697 g/mol. The van der Waals surface area contributed by atoms with E-state index in [-0.39, 0.29) is 42.6 Å². The molecule has 0 bridgehead atoms. The minimum Gasteiger partial charge on any atom is -0.485 e. The minimum absolute atomic E-state index is 0. The highest BCUT2D eigenvalue weighted by atomic mass is 79.9. The number of hydrogen-bond donors (Lipinski definition) is 1. The number of hydrogen-bond acceptors (Lipinski definition) is 6. The molecule has 14 heteroatoms. The third-order valence-electron chi connectivity index (χ3n) is 6.79. The fraction of sp³-hybridized carbons (Fsp3) is 0.200. The Morgan fingerprint density at radius 2 is 1.93 bits per heavy atom. The number of amides is 3. The van der Waals surface area contributed by atoms with E-state index >= 15 is 0 Å². The van der Waals surface area contributed by atoms with Gasteiger partial charge in [0.1, 0.15) is 17.8 Å². The third kappa shape index (κ3) is 7.13. The number of halogens is 4. The molecule has 0 aliphatic carbocycles. The van der Waals surface area contributed by atoms with Crippen molar-refractivity contribution in [2.75, 3.05) is 36.5 Å². The van der Waals surface area contributed by atoms with E-state index in [4.69, 9.17) is 32.7 Å². The Balaban J connectivity index is 0.00000442. The number of pyridine rings is 1. The zero-order valence-corrected chi connectivity index (χ0v) is 27.5. The second-order valence-electron chi connectivity index (χ2n) is 9.56. The predicted molar refractivity (Wildman–Crippen MR) is 176 cm³/mol. The highest BCUT2D eigenvalue weighted by Gasteiger charge is 2.23. The molecule has 0 saturated carbocycles. The molecule has 5 rings (SSSR count). The Bertz CT molecular complexity index is 1750. The van der Waals surface area contributed by atoms with Crippen LogP contribution in [0.5, 0.6) is 5.75 Å². The molecule has 4 aromatic rings. The summed E-state index contributed by atoms with van der Waals surface area (Å²) in [5.74, 6) is -0.288. The molecule has 1 aliphatic rings. The van der Waals surface area contributed by atoms with Crippen LogP contribution in [0.15, 0.2) is 65.4 Å². The lowest BCUT2D eigenvalue weighted by atomic mass is 10.2. The number of aryl methyl sites for hydroxylation is 1. The monoisotopic (exact) mass is 721 g/mol. The van der Waals surface area contributed by atoms with E-state index in [1.165, 1.54) is 15.9 Å². The summed E-state index contributed by atoms with van der Waals surface area (Å²) in [7, 11) is 1.56. The van der Waals surface area contributed by atoms with Crippen LogP contribution in [-0.4, -0.2) is 54.0 Å². The van der Waals surface area contributed by atoms with E-state index < -0.39 is 5.91 Å². The number of cyclic esters (lactones) is 1. The van der Waals surface area contributed by atoms with Crippen LogP contribution in [0, 0.1) is 6.92 Å². The molecule has 1 N–H and O–H groups in total. The number of carbonyl (C=O) groups excluding carboxylic acids is 3. The van der Waals surface area contributed by atoms with Crippen LogP contribution in [-0.2, 0) is 20.9 Å². The van der Waals surface area contributed by atoms with Gasteiger partial charge < -0.3 is 19.7 Å². The van der Waals surface area contributed by atoms with Gasteiger partial charge in [0.05, 0.1) is 29.5 Å². The van der Waals surface area contributed by atoms with Gasteiger partial charge in [0.15, 0.2) is 11.4 Å². The van der Waals surface area contributed by atoms with Gasteiger partial charge in [-0.1, -0.05) is 35.3 Å². The smallest absolute Gasteiger partial charge is 0.414 e. The average molecular weight is 724 g/mol. The Hall–Kier alpha value is -3.77. The normalized spacial score (nSPS) is 12.8. The number of fused-ring (bicyclic) bond motifs is 1. The first-order chi connectivity index (χ1) is 20.6. The van der Waals surface area contributed by atoms with Gasteiger partial charge in [-0.15, -0.1) is 12.4 Å². The van der Waals surface area contributed by atoms with E-state index in [0.717, 1.165) is 15.9 Å². The van der Waals surface area contributed by atoms with Crippen molar-refractivity contribution in [2.45, 2.75) is 13.5 Å². The zero-order chi connectivity index (χ0) is 30.7. The lowest BCUT2D eigenvalue weighted by Crippen LogP contribution is -2.37. The van der Waals surface area contributed by atoms with Gasteiger partial charge in [-0.05, 0) is 70.9 Å². The standard InChI is InChI=1S/C30H26BrCl2N5O5.ClH/c1-18-28(31)38-13-3-4-24(29(38)35-18)43-17-21-22(32)10-11-23(27(21)33)36(2)26(40)16-34-25(39)12-7-19-5-8-20(9-6-19)37-14-15-42-30(37)41;/h3-13H,14-17H2,1-2H3,(H,34,39);1H. The maximum atomic E-state index is 12.9. The zero-order valence-electron chi connectivity index (χ0n) is 23.6. The predicted octanol–water partition coefficient (Wildman–Crippen LogP) is 6.46. The number of rotatable bonds is 9. The highest BCUT2D eigenvalue weighted by Crippen LogP contribution is 2.35. The van der Waals surface area contributed by atoms with E-state index in [1.807, 2.05) is 23.6 Å². The summed E-state index contributed by atoms with van der Waals surface area (Å²) >= 11 is 16.7. The highest BCUT2D eigenvalue weighted by molar-refractivity contribution is 9.10. The van der Waals surface area contributed by atoms with Crippen LogP contribution < -0.4 is 19.9 Å². The first-order valence-electron chi connectivity index (χ1n) is 13.1. The fourth-order valence-corrected chi connectivity index (χ4v) is 5.39. The molecule has 0 atom stereocenters. The topological polar surface area (TPSA) is 105 Å². The Kier molecular flexibility index (Phi) is 10.8. The van der Waals surface area contributed by atoms with Crippen LogP contribution >= 0.6 is 51.5 Å². The number of imidazole rings is 1. The maximum absolute atomic E-state index is 12.9. The number of anilines is 2. The van der Waals surface area contributed by atoms with Gasteiger partial charge in [-0.25, -0.2) is 9.78 Å². The molecule has 3 amide bonds. The summed E-state index contributed by atoms with van der Waals surface area (Å²) in [5.41, 5.74) is 3.84. The maximum Gasteiger partial charge on any atom is 0.414 e. The molecule has 0 unspecified atom stereocenters. The minimum atomic E-state index is -0.444. The quantitative estimate of drug-likeness (QED) is 0.199. The third-order valence-corrected chi connectivity index (χ3v) is 8.53. The fourth-order valence-electron chi connectivity index (χ4n) is 4.41. The second-order valence-corrected chi connectivity index (χ2v) is 11.1. The summed E-state index contributed by atoms with van der Waals surface area (Å²) < 4.78 is 13.7. The van der Waals surface area contributed by atoms with Crippen LogP contribution in [0.25, 0.3) is 11.7 Å². The average Bonchev–Trinajstić information content (AvgIpc) is 3.56. The van der Waals surface area contributed by atoms with Gasteiger partial charge in [-0.2, -0.15) is 0 Å². The number of carbonyl (C=O) groups is 3. The van der Waals surface area contributed by atoms with Crippen molar-refractivity contribution < 1.29 is 23.9 Å². The summed E-state index contributed by atoms with van der Waals surface area (Å²) in [4.78, 5) is 44.5. The van der Waals surface area contributed by atoms with Gasteiger partial charge in [0.2, 0.25) is 11.8 Å². The number of aromatic nitrogens is 2. The van der Waals surface area contributed by atoms with Crippen molar-refractivity contribution in [1.29, 1.82) is 0 Å².